The second kappa shape index (κ2) is 17.6. The lowest BCUT2D eigenvalue weighted by atomic mass is 9.91. The van der Waals surface area contributed by atoms with E-state index in [1.807, 2.05) is 57.0 Å². The molecule has 1 aromatic rings. The number of halogens is 1. The fraction of sp³-hybridized carbons (Fsp3) is 0.658. The third-order valence-electron chi connectivity index (χ3n) is 10.5. The molecule has 0 radical (unpaired) electrons. The van der Waals surface area contributed by atoms with Crippen molar-refractivity contribution in [3.05, 3.63) is 47.3 Å². The summed E-state index contributed by atoms with van der Waals surface area (Å²) in [6, 6.07) is 4.88. The third-order valence-corrected chi connectivity index (χ3v) is 10.5. The number of ether oxygens (including phenoxy) is 3. The van der Waals surface area contributed by atoms with E-state index in [-0.39, 0.29) is 42.0 Å². The minimum atomic E-state index is -0.888. The lowest BCUT2D eigenvalue weighted by Crippen LogP contribution is -2.51. The quantitative estimate of drug-likeness (QED) is 0.355. The molecule has 3 saturated heterocycles. The number of nitrogens with zero attached hydrogens (tertiary/aromatic N) is 4. The van der Waals surface area contributed by atoms with Gasteiger partial charge < -0.3 is 38.9 Å². The summed E-state index contributed by atoms with van der Waals surface area (Å²) < 4.78 is 32.4. The second-order valence-corrected chi connectivity index (χ2v) is 14.5. The van der Waals surface area contributed by atoms with E-state index in [1.54, 1.807) is 4.90 Å². The minimum absolute atomic E-state index is 0.0148. The predicted octanol–water partition coefficient (Wildman–Crippen LogP) is 4.34. The van der Waals surface area contributed by atoms with Gasteiger partial charge in [0.1, 0.15) is 18.0 Å². The predicted molar refractivity (Wildman–Crippen MR) is 189 cm³/mol. The van der Waals surface area contributed by atoms with E-state index < -0.39 is 24.3 Å². The Balaban J connectivity index is 1.30. The van der Waals surface area contributed by atoms with Gasteiger partial charge in [0.2, 0.25) is 5.91 Å². The average molecular weight is 699 g/mol. The van der Waals surface area contributed by atoms with Crippen LogP contribution in [0.4, 0.5) is 14.9 Å². The highest BCUT2D eigenvalue weighted by molar-refractivity contribution is 5.79. The number of amides is 2. The van der Waals surface area contributed by atoms with Crippen molar-refractivity contribution in [3.8, 4) is 0 Å². The lowest BCUT2D eigenvalue weighted by Gasteiger charge is -2.38. The molecule has 4 aliphatic rings. The molecule has 1 N–H and O–H groups in total. The van der Waals surface area contributed by atoms with Crippen LogP contribution < -0.4 is 4.90 Å². The number of carbonyl (C=O) groups is 3. The van der Waals surface area contributed by atoms with Crippen LogP contribution in [0.25, 0.3) is 6.08 Å². The number of anilines is 1. The molecule has 0 spiro atoms. The Morgan fingerprint density at radius 2 is 1.60 bits per heavy atom. The summed E-state index contributed by atoms with van der Waals surface area (Å²) in [4.78, 5) is 47.0. The first-order valence-corrected chi connectivity index (χ1v) is 18.3. The first-order chi connectivity index (χ1) is 24.0. The van der Waals surface area contributed by atoms with E-state index in [0.29, 0.717) is 76.5 Å². The fourth-order valence-electron chi connectivity index (χ4n) is 7.22. The van der Waals surface area contributed by atoms with Gasteiger partial charge in [0.05, 0.1) is 12.5 Å². The van der Waals surface area contributed by atoms with E-state index in [9.17, 15) is 19.5 Å². The Morgan fingerprint density at radius 3 is 2.30 bits per heavy atom. The number of carbonyl (C=O) groups excluding carboxylic acids is 3. The Hall–Kier alpha value is -3.48. The molecule has 1 aromatic carbocycles. The van der Waals surface area contributed by atoms with Crippen molar-refractivity contribution in [1.82, 2.24) is 14.7 Å². The van der Waals surface area contributed by atoms with Gasteiger partial charge in [0.25, 0.3) is 0 Å². The van der Waals surface area contributed by atoms with Crippen LogP contribution in [0.15, 0.2) is 35.9 Å². The highest BCUT2D eigenvalue weighted by Gasteiger charge is 2.31. The summed E-state index contributed by atoms with van der Waals surface area (Å²) in [6.07, 6.45) is 5.47. The van der Waals surface area contributed by atoms with Gasteiger partial charge in [-0.1, -0.05) is 26.0 Å². The molecular weight excluding hydrogens is 643 g/mol. The Morgan fingerprint density at radius 1 is 0.920 bits per heavy atom. The zero-order valence-corrected chi connectivity index (χ0v) is 30.1. The summed E-state index contributed by atoms with van der Waals surface area (Å²) in [5.41, 5.74) is 2.07. The Bertz CT molecular complexity index is 1380. The number of likely N-dealkylation sites (N-methyl/N-ethyl adjacent to an activating group) is 1. The van der Waals surface area contributed by atoms with Crippen LogP contribution >= 0.6 is 0 Å². The Labute approximate surface area is 296 Å². The molecule has 2 amide bonds. The maximum atomic E-state index is 15.0. The maximum absolute atomic E-state index is 15.0. The number of piperazine rings is 2. The number of benzene rings is 1. The molecule has 50 heavy (non-hydrogen) atoms. The topological polar surface area (TPSA) is 112 Å². The number of hydrogen-bond donors (Lipinski definition) is 1. The largest absolute Gasteiger partial charge is 0.457 e. The summed E-state index contributed by atoms with van der Waals surface area (Å²) >= 11 is 0. The number of aliphatic hydroxyl groups excluding tert-OH is 1. The molecule has 3 fully saturated rings. The molecule has 4 heterocycles. The molecule has 5 atom stereocenters. The van der Waals surface area contributed by atoms with Crippen LogP contribution in [0.5, 0.6) is 0 Å². The second-order valence-electron chi connectivity index (χ2n) is 14.5. The number of esters is 1. The van der Waals surface area contributed by atoms with Crippen LogP contribution in [0.1, 0.15) is 58.4 Å². The summed E-state index contributed by atoms with van der Waals surface area (Å²) in [5, 5.41) is 10.7. The standard InChI is InChI=1S/C38H55FN4O7/c1-26-5-7-33(44)25-35(45)50-36(27(2)6-8-34(26)49-38(47)43-13-11-40(4)12-14-43)28(3)21-29-22-31(39)24-32(23-29)41-15-17-42(18-16-41)37(46)30-9-19-48-20-10-30/h6,8,21-24,26-27,30,33-34,36,44H,5,7,9-20,25H2,1-4H3/b8-6+,28-21+/t26-,27-,33+,34-,36-/m0/s1. The minimum Gasteiger partial charge on any atom is -0.457 e. The van der Waals surface area contributed by atoms with Crippen molar-refractivity contribution in [2.75, 3.05) is 77.5 Å². The van der Waals surface area contributed by atoms with Crippen molar-refractivity contribution >= 4 is 29.7 Å². The molecule has 276 valence electrons. The molecule has 5 rings (SSSR count). The van der Waals surface area contributed by atoms with Crippen molar-refractivity contribution in [3.63, 3.8) is 0 Å². The van der Waals surface area contributed by atoms with Crippen LogP contribution in [-0.4, -0.2) is 129 Å². The van der Waals surface area contributed by atoms with Gasteiger partial charge in [-0.15, -0.1) is 0 Å². The van der Waals surface area contributed by atoms with E-state index in [2.05, 4.69) is 9.80 Å². The zero-order chi connectivity index (χ0) is 35.8. The van der Waals surface area contributed by atoms with Gasteiger partial charge in [0, 0.05) is 83.1 Å². The molecule has 0 bridgehead atoms. The monoisotopic (exact) mass is 698 g/mol. The number of aliphatic hydroxyl groups is 1. The molecule has 0 aromatic heterocycles. The van der Waals surface area contributed by atoms with Gasteiger partial charge in [0.15, 0.2) is 0 Å². The normalized spacial score (nSPS) is 29.1. The molecule has 0 unspecified atom stereocenters. The van der Waals surface area contributed by atoms with Crippen molar-refractivity contribution < 1.29 is 38.1 Å². The summed E-state index contributed by atoms with van der Waals surface area (Å²) in [5.74, 6) is -1.08. The highest BCUT2D eigenvalue weighted by atomic mass is 19.1. The summed E-state index contributed by atoms with van der Waals surface area (Å²) in [7, 11) is 2.03. The van der Waals surface area contributed by atoms with Crippen LogP contribution in [0.2, 0.25) is 0 Å². The maximum Gasteiger partial charge on any atom is 0.410 e. The first kappa shape index (κ1) is 37.8. The fourth-order valence-corrected chi connectivity index (χ4v) is 7.22. The molecule has 0 aliphatic carbocycles. The molecular formula is C38H55FN4O7. The van der Waals surface area contributed by atoms with Crippen molar-refractivity contribution in [2.45, 2.75) is 71.2 Å². The highest BCUT2D eigenvalue weighted by Crippen LogP contribution is 2.28. The SMILES string of the molecule is C/C(=C\c1cc(F)cc(N2CCN(C(=O)C3CCOCC3)CC2)c1)[C@H]1OC(=O)C[C@H](O)CC[C@H](C)[C@@H](OC(=O)N2CCN(C)CC2)/C=C/[C@@H]1C. The average Bonchev–Trinajstić information content (AvgIpc) is 3.10. The number of rotatable bonds is 5. The third kappa shape index (κ3) is 10.3. The molecule has 12 heteroatoms. The van der Waals surface area contributed by atoms with Crippen LogP contribution in [0.3, 0.4) is 0 Å². The van der Waals surface area contributed by atoms with Crippen LogP contribution in [0, 0.1) is 23.6 Å². The van der Waals surface area contributed by atoms with Crippen molar-refractivity contribution in [1.29, 1.82) is 0 Å². The lowest BCUT2D eigenvalue weighted by molar-refractivity contribution is -0.151. The van der Waals surface area contributed by atoms with Gasteiger partial charge in [-0.25, -0.2) is 9.18 Å². The molecule has 0 saturated carbocycles. The van der Waals surface area contributed by atoms with Gasteiger partial charge in [-0.05, 0) is 81.0 Å². The van der Waals surface area contributed by atoms with E-state index in [0.717, 1.165) is 31.6 Å². The van der Waals surface area contributed by atoms with Gasteiger partial charge in [-0.2, -0.15) is 0 Å². The van der Waals surface area contributed by atoms with Gasteiger partial charge in [-0.3, -0.25) is 9.59 Å². The van der Waals surface area contributed by atoms with Crippen LogP contribution in [-0.2, 0) is 23.8 Å². The molecule has 11 nitrogen and oxygen atoms in total. The number of hydrogen-bond acceptors (Lipinski definition) is 9. The van der Waals surface area contributed by atoms with E-state index in [4.69, 9.17) is 14.2 Å². The number of cyclic esters (lactones) is 1. The van der Waals surface area contributed by atoms with E-state index >= 15 is 4.39 Å². The molecule has 4 aliphatic heterocycles. The van der Waals surface area contributed by atoms with E-state index in [1.165, 1.54) is 12.1 Å². The van der Waals surface area contributed by atoms with Crippen molar-refractivity contribution in [2.24, 2.45) is 17.8 Å². The first-order valence-electron chi connectivity index (χ1n) is 18.3. The Kier molecular flexibility index (Phi) is 13.3. The smallest absolute Gasteiger partial charge is 0.410 e. The zero-order valence-electron chi connectivity index (χ0n) is 30.1. The summed E-state index contributed by atoms with van der Waals surface area (Å²) in [6.45, 7) is 12.1. The van der Waals surface area contributed by atoms with Gasteiger partial charge >= 0.3 is 12.1 Å².